The topological polar surface area (TPSA) is 43.1 Å². The second-order valence-electron chi connectivity index (χ2n) is 4.22. The van der Waals surface area contributed by atoms with Gasteiger partial charge in [0.05, 0.1) is 6.04 Å². The number of nitrogens with two attached hydrogens (primary N) is 1. The molecular formula is C14H21NO. The number of unbranched alkanes of at least 4 members (excludes halogenated alkanes) is 2. The lowest BCUT2D eigenvalue weighted by Gasteiger charge is -2.10. The number of hydrogen-bond acceptors (Lipinski definition) is 2. The van der Waals surface area contributed by atoms with Crippen LogP contribution >= 0.6 is 0 Å². The molecule has 0 fully saturated rings. The Bertz CT molecular complexity index is 308. The molecule has 0 aliphatic carbocycles. The molecule has 2 heteroatoms. The average molecular weight is 219 g/mol. The standard InChI is InChI=1S/C14H21NO/c1-2-3-5-10-14(16)13(15)11-12-8-6-4-7-9-12/h4,6-9,13H,2-3,5,10-11,15H2,1H3/t13-/m1/s1. The van der Waals surface area contributed by atoms with Crippen LogP contribution in [0.2, 0.25) is 0 Å². The van der Waals surface area contributed by atoms with Crippen LogP contribution in [-0.2, 0) is 11.2 Å². The van der Waals surface area contributed by atoms with Gasteiger partial charge in [-0.1, -0.05) is 50.1 Å². The molecule has 0 unspecified atom stereocenters. The molecule has 0 amide bonds. The van der Waals surface area contributed by atoms with Crippen molar-refractivity contribution in [2.24, 2.45) is 5.73 Å². The fourth-order valence-electron chi connectivity index (χ4n) is 1.72. The first-order chi connectivity index (χ1) is 7.74. The number of benzene rings is 1. The summed E-state index contributed by atoms with van der Waals surface area (Å²) >= 11 is 0. The molecule has 0 saturated heterocycles. The van der Waals surface area contributed by atoms with Crippen molar-refractivity contribution in [3.8, 4) is 0 Å². The van der Waals surface area contributed by atoms with E-state index in [9.17, 15) is 4.79 Å². The van der Waals surface area contributed by atoms with Crippen molar-refractivity contribution in [2.75, 3.05) is 0 Å². The minimum Gasteiger partial charge on any atom is -0.321 e. The van der Waals surface area contributed by atoms with Crippen LogP contribution in [0.25, 0.3) is 0 Å². The molecule has 2 nitrogen and oxygen atoms in total. The lowest BCUT2D eigenvalue weighted by atomic mass is 10.00. The fraction of sp³-hybridized carbons (Fsp3) is 0.500. The zero-order chi connectivity index (χ0) is 11.8. The van der Waals surface area contributed by atoms with Crippen molar-refractivity contribution >= 4 is 5.78 Å². The van der Waals surface area contributed by atoms with Crippen LogP contribution in [0, 0.1) is 0 Å². The Kier molecular flexibility index (Phi) is 5.79. The normalized spacial score (nSPS) is 12.4. The van der Waals surface area contributed by atoms with Crippen LogP contribution in [0.3, 0.4) is 0 Å². The first-order valence-corrected chi connectivity index (χ1v) is 6.06. The molecule has 0 radical (unpaired) electrons. The molecule has 0 saturated carbocycles. The maximum Gasteiger partial charge on any atom is 0.149 e. The highest BCUT2D eigenvalue weighted by Crippen LogP contribution is 2.06. The third-order valence-corrected chi connectivity index (χ3v) is 2.74. The van der Waals surface area contributed by atoms with Gasteiger partial charge in [-0.2, -0.15) is 0 Å². The number of hydrogen-bond donors (Lipinski definition) is 1. The van der Waals surface area contributed by atoms with E-state index in [0.29, 0.717) is 12.8 Å². The van der Waals surface area contributed by atoms with Crippen LogP contribution in [0.5, 0.6) is 0 Å². The number of carbonyl (C=O) groups is 1. The Labute approximate surface area is 97.9 Å². The Morgan fingerprint density at radius 2 is 1.94 bits per heavy atom. The Morgan fingerprint density at radius 1 is 1.25 bits per heavy atom. The minimum absolute atomic E-state index is 0.192. The van der Waals surface area contributed by atoms with Gasteiger partial charge in [0, 0.05) is 6.42 Å². The first-order valence-electron chi connectivity index (χ1n) is 6.06. The second kappa shape index (κ2) is 7.18. The van der Waals surface area contributed by atoms with Gasteiger partial charge in [0.15, 0.2) is 0 Å². The molecule has 1 aromatic carbocycles. The van der Waals surface area contributed by atoms with Crippen molar-refractivity contribution in [1.29, 1.82) is 0 Å². The van der Waals surface area contributed by atoms with Crippen molar-refractivity contribution in [3.05, 3.63) is 35.9 Å². The fourth-order valence-corrected chi connectivity index (χ4v) is 1.72. The van der Waals surface area contributed by atoms with Crippen molar-refractivity contribution in [1.82, 2.24) is 0 Å². The summed E-state index contributed by atoms with van der Waals surface area (Å²) in [6, 6.07) is 9.61. The molecule has 0 heterocycles. The summed E-state index contributed by atoms with van der Waals surface area (Å²) in [6.07, 6.45) is 4.51. The number of rotatable bonds is 7. The van der Waals surface area contributed by atoms with Gasteiger partial charge in [0.25, 0.3) is 0 Å². The van der Waals surface area contributed by atoms with Crippen LogP contribution in [0.4, 0.5) is 0 Å². The molecule has 0 aromatic heterocycles. The minimum atomic E-state index is -0.334. The average Bonchev–Trinajstić information content (AvgIpc) is 2.30. The Morgan fingerprint density at radius 3 is 2.56 bits per heavy atom. The number of ketones is 1. The maximum absolute atomic E-state index is 11.7. The van der Waals surface area contributed by atoms with E-state index < -0.39 is 0 Å². The summed E-state index contributed by atoms with van der Waals surface area (Å²) < 4.78 is 0. The van der Waals surface area contributed by atoms with Gasteiger partial charge in [-0.15, -0.1) is 0 Å². The zero-order valence-corrected chi connectivity index (χ0v) is 9.99. The van der Waals surface area contributed by atoms with Gasteiger partial charge in [-0.05, 0) is 18.4 Å². The molecule has 0 aliphatic heterocycles. The molecule has 16 heavy (non-hydrogen) atoms. The van der Waals surface area contributed by atoms with E-state index in [4.69, 9.17) is 5.73 Å². The lowest BCUT2D eigenvalue weighted by molar-refractivity contribution is -0.120. The lowest BCUT2D eigenvalue weighted by Crippen LogP contribution is -2.32. The van der Waals surface area contributed by atoms with Crippen LogP contribution in [0.1, 0.15) is 38.2 Å². The highest BCUT2D eigenvalue weighted by Gasteiger charge is 2.12. The summed E-state index contributed by atoms with van der Waals surface area (Å²) in [5, 5.41) is 0. The van der Waals surface area contributed by atoms with Gasteiger partial charge < -0.3 is 5.73 Å². The second-order valence-corrected chi connectivity index (χ2v) is 4.22. The van der Waals surface area contributed by atoms with Crippen LogP contribution in [-0.4, -0.2) is 11.8 Å². The molecule has 0 spiro atoms. The third-order valence-electron chi connectivity index (χ3n) is 2.74. The number of Topliss-reactive ketones (excluding diaryl/α,β-unsaturated/α-hetero) is 1. The Hall–Kier alpha value is -1.15. The van der Waals surface area contributed by atoms with E-state index in [1.165, 1.54) is 0 Å². The monoisotopic (exact) mass is 219 g/mol. The highest BCUT2D eigenvalue weighted by atomic mass is 16.1. The van der Waals surface area contributed by atoms with E-state index in [0.717, 1.165) is 24.8 Å². The largest absolute Gasteiger partial charge is 0.321 e. The summed E-state index contributed by atoms with van der Waals surface area (Å²) in [7, 11) is 0. The Balaban J connectivity index is 2.34. The maximum atomic E-state index is 11.7. The summed E-state index contributed by atoms with van der Waals surface area (Å²) in [5.74, 6) is 0.192. The number of carbonyl (C=O) groups excluding carboxylic acids is 1. The molecule has 0 aliphatic rings. The molecule has 2 N–H and O–H groups in total. The summed E-state index contributed by atoms with van der Waals surface area (Å²) in [5.41, 5.74) is 7.02. The van der Waals surface area contributed by atoms with E-state index in [1.807, 2.05) is 30.3 Å². The zero-order valence-electron chi connectivity index (χ0n) is 9.99. The van der Waals surface area contributed by atoms with E-state index in [-0.39, 0.29) is 11.8 Å². The van der Waals surface area contributed by atoms with Gasteiger partial charge >= 0.3 is 0 Å². The molecule has 1 rings (SSSR count). The molecule has 88 valence electrons. The quantitative estimate of drug-likeness (QED) is 0.716. The molecule has 0 bridgehead atoms. The van der Waals surface area contributed by atoms with Crippen molar-refractivity contribution in [3.63, 3.8) is 0 Å². The molecule has 1 atom stereocenters. The molecular weight excluding hydrogens is 198 g/mol. The SMILES string of the molecule is CCCCCC(=O)[C@H](N)Cc1ccccc1. The third kappa shape index (κ3) is 4.58. The van der Waals surface area contributed by atoms with E-state index in [1.54, 1.807) is 0 Å². The predicted octanol–water partition coefficient (Wildman–Crippen LogP) is 2.71. The highest BCUT2D eigenvalue weighted by molar-refractivity contribution is 5.84. The first kappa shape index (κ1) is 12.9. The smallest absolute Gasteiger partial charge is 0.149 e. The molecule has 1 aromatic rings. The van der Waals surface area contributed by atoms with Gasteiger partial charge in [-0.3, -0.25) is 4.79 Å². The van der Waals surface area contributed by atoms with Crippen LogP contribution in [0.15, 0.2) is 30.3 Å². The van der Waals surface area contributed by atoms with Gasteiger partial charge in [0.2, 0.25) is 0 Å². The predicted molar refractivity (Wildman–Crippen MR) is 67.3 cm³/mol. The summed E-state index contributed by atoms with van der Waals surface area (Å²) in [4.78, 5) is 11.7. The van der Waals surface area contributed by atoms with Gasteiger partial charge in [0.1, 0.15) is 5.78 Å². The van der Waals surface area contributed by atoms with E-state index in [2.05, 4.69) is 6.92 Å². The summed E-state index contributed by atoms with van der Waals surface area (Å²) in [6.45, 7) is 2.13. The van der Waals surface area contributed by atoms with Crippen molar-refractivity contribution < 1.29 is 4.79 Å². The van der Waals surface area contributed by atoms with Crippen LogP contribution < -0.4 is 5.73 Å². The van der Waals surface area contributed by atoms with E-state index >= 15 is 0 Å². The van der Waals surface area contributed by atoms with Crippen molar-refractivity contribution in [2.45, 2.75) is 45.1 Å². The van der Waals surface area contributed by atoms with Gasteiger partial charge in [-0.25, -0.2) is 0 Å².